The first-order valence-corrected chi connectivity index (χ1v) is 15.2. The van der Waals surface area contributed by atoms with E-state index in [1.165, 1.54) is 27.8 Å². The average molecular weight is 576 g/mol. The molecule has 2 aliphatic carbocycles. The van der Waals surface area contributed by atoms with Crippen molar-refractivity contribution in [3.8, 4) is 0 Å². The molecule has 1 saturated carbocycles. The van der Waals surface area contributed by atoms with E-state index >= 15 is 0 Å². The number of rotatable bonds is 8. The Hall–Kier alpha value is -4.39. The molecule has 1 aliphatic heterocycles. The summed E-state index contributed by atoms with van der Waals surface area (Å²) in [7, 11) is 0. The van der Waals surface area contributed by atoms with E-state index in [9.17, 15) is 9.59 Å². The van der Waals surface area contributed by atoms with E-state index in [1.54, 1.807) is 0 Å². The number of hydrogen-bond donors (Lipinski definition) is 3. The molecule has 2 aromatic carbocycles. The van der Waals surface area contributed by atoms with Gasteiger partial charge in [0, 0.05) is 17.5 Å². The molecule has 1 heterocycles. The third-order valence-corrected chi connectivity index (χ3v) is 8.59. The third-order valence-electron chi connectivity index (χ3n) is 8.59. The number of nitrogens with two attached hydrogens (primary N) is 1. The fourth-order valence-corrected chi connectivity index (χ4v) is 6.23. The molecule has 0 aromatic heterocycles. The second kappa shape index (κ2) is 12.5. The maximum atomic E-state index is 13.4. The lowest BCUT2D eigenvalue weighted by Gasteiger charge is -2.22. The Morgan fingerprint density at radius 1 is 1.02 bits per heavy atom. The minimum atomic E-state index is -0.532. The van der Waals surface area contributed by atoms with Gasteiger partial charge in [-0.2, -0.15) is 0 Å². The van der Waals surface area contributed by atoms with Gasteiger partial charge in [-0.1, -0.05) is 43.2 Å². The maximum Gasteiger partial charge on any atom is 0.259 e. The Morgan fingerprint density at radius 3 is 2.35 bits per heavy atom. The number of benzene rings is 2. The molecule has 0 saturated heterocycles. The second-order valence-electron chi connectivity index (χ2n) is 12.0. The quantitative estimate of drug-likeness (QED) is 0.284. The standard InChI is InChI=1S/C36H41N5O2/c1-5-6-23-7-9-24(10-8-23)34(39)28-15-14-27(21(2)3)31(16-13-26(28)19-37)40-32-18-30-29(17-22(32)4)35(25-11-12-25)41(36(30)43)20-33(38)42/h7-10,17-19,37,39H,5-6,11-16,20H2,1-4H3,(H2,38,42)/b28-26-,37-19?,39-34?,40-31?. The van der Waals surface area contributed by atoms with E-state index in [0.29, 0.717) is 30.5 Å². The number of allylic oxidation sites excluding steroid dienone is 5. The van der Waals surface area contributed by atoms with Crippen molar-refractivity contribution in [3.05, 3.63) is 92.1 Å². The minimum Gasteiger partial charge on any atom is -0.368 e. The molecule has 7 nitrogen and oxygen atoms in total. The van der Waals surface area contributed by atoms with Crippen LogP contribution in [0.1, 0.15) is 98.3 Å². The predicted molar refractivity (Wildman–Crippen MR) is 175 cm³/mol. The Kier molecular flexibility index (Phi) is 8.71. The number of primary amides is 1. The Morgan fingerprint density at radius 2 is 1.74 bits per heavy atom. The van der Waals surface area contributed by atoms with Gasteiger partial charge in [0.25, 0.3) is 5.91 Å². The van der Waals surface area contributed by atoms with Gasteiger partial charge in [0.1, 0.15) is 6.54 Å². The SMILES string of the molecule is CCCc1ccc(C(=N)/C2=C(\C=N)CCC(=Nc3cc4c(cc3C)C(=C3CC3)N(CC(N)=O)C4=O)C(=C(C)C)CC2)cc1. The first-order valence-electron chi connectivity index (χ1n) is 15.2. The highest BCUT2D eigenvalue weighted by Crippen LogP contribution is 2.45. The topological polar surface area (TPSA) is 123 Å². The van der Waals surface area contributed by atoms with Crippen LogP contribution in [0.3, 0.4) is 0 Å². The number of nitrogens with one attached hydrogen (secondary N) is 2. The van der Waals surface area contributed by atoms with Crippen molar-refractivity contribution < 1.29 is 9.59 Å². The van der Waals surface area contributed by atoms with Crippen molar-refractivity contribution in [3.63, 3.8) is 0 Å². The molecule has 2 aromatic rings. The molecule has 0 bridgehead atoms. The molecule has 222 valence electrons. The number of carbonyl (C=O) groups excluding carboxylic acids is 2. The molecule has 3 aliphatic rings. The Labute approximate surface area is 254 Å². The van der Waals surface area contributed by atoms with E-state index in [4.69, 9.17) is 21.5 Å². The van der Waals surface area contributed by atoms with Crippen LogP contribution >= 0.6 is 0 Å². The monoisotopic (exact) mass is 575 g/mol. The summed E-state index contributed by atoms with van der Waals surface area (Å²) in [5.74, 6) is -0.736. The molecule has 7 heteroatoms. The van der Waals surface area contributed by atoms with Gasteiger partial charge < -0.3 is 11.1 Å². The van der Waals surface area contributed by atoms with Gasteiger partial charge in [0.15, 0.2) is 0 Å². The van der Waals surface area contributed by atoms with Crippen LogP contribution < -0.4 is 5.73 Å². The van der Waals surface area contributed by atoms with Crippen molar-refractivity contribution in [2.45, 2.75) is 79.1 Å². The third kappa shape index (κ3) is 6.21. The lowest BCUT2D eigenvalue weighted by atomic mass is 9.84. The van der Waals surface area contributed by atoms with Crippen molar-refractivity contribution in [2.75, 3.05) is 6.54 Å². The van der Waals surface area contributed by atoms with Crippen LogP contribution in [-0.2, 0) is 11.2 Å². The molecule has 5 rings (SSSR count). The lowest BCUT2D eigenvalue weighted by molar-refractivity contribution is -0.118. The summed E-state index contributed by atoms with van der Waals surface area (Å²) in [6.45, 7) is 8.24. The van der Waals surface area contributed by atoms with Gasteiger partial charge in [-0.25, -0.2) is 0 Å². The zero-order chi connectivity index (χ0) is 30.8. The number of nitrogens with zero attached hydrogens (tertiary/aromatic N) is 2. The summed E-state index contributed by atoms with van der Waals surface area (Å²) in [5.41, 5.74) is 18.4. The highest BCUT2D eigenvalue weighted by Gasteiger charge is 2.38. The zero-order valence-electron chi connectivity index (χ0n) is 25.7. The molecule has 4 N–H and O–H groups in total. The Balaban J connectivity index is 1.49. The Bertz CT molecular complexity index is 1640. The number of aryl methyl sites for hydroxylation is 2. The predicted octanol–water partition coefficient (Wildman–Crippen LogP) is 7.39. The van der Waals surface area contributed by atoms with Crippen LogP contribution in [0, 0.1) is 17.7 Å². The fraction of sp³-hybridized carbons (Fsp3) is 0.361. The van der Waals surface area contributed by atoms with Crippen LogP contribution in [0.4, 0.5) is 5.69 Å². The molecule has 43 heavy (non-hydrogen) atoms. The van der Waals surface area contributed by atoms with Gasteiger partial charge in [-0.3, -0.25) is 24.9 Å². The van der Waals surface area contributed by atoms with Crippen molar-refractivity contribution in [2.24, 2.45) is 10.7 Å². The summed E-state index contributed by atoms with van der Waals surface area (Å²) >= 11 is 0. The largest absolute Gasteiger partial charge is 0.368 e. The van der Waals surface area contributed by atoms with Gasteiger partial charge in [-0.15, -0.1) is 0 Å². The van der Waals surface area contributed by atoms with Gasteiger partial charge in [-0.05, 0) is 117 Å². The zero-order valence-corrected chi connectivity index (χ0v) is 25.7. The number of aliphatic imine (C=N–C) groups is 1. The first-order chi connectivity index (χ1) is 20.6. The summed E-state index contributed by atoms with van der Waals surface area (Å²) in [4.78, 5) is 31.9. The summed E-state index contributed by atoms with van der Waals surface area (Å²) < 4.78 is 0. The average Bonchev–Trinajstić information content (AvgIpc) is 3.76. The molecule has 0 radical (unpaired) electrons. The van der Waals surface area contributed by atoms with Crippen LogP contribution in [0.25, 0.3) is 5.70 Å². The highest BCUT2D eigenvalue weighted by molar-refractivity contribution is 6.14. The minimum absolute atomic E-state index is 0.129. The van der Waals surface area contributed by atoms with Crippen molar-refractivity contribution >= 4 is 40.8 Å². The molecular formula is C36H41N5O2. The summed E-state index contributed by atoms with van der Waals surface area (Å²) in [5, 5.41) is 17.3. The maximum absolute atomic E-state index is 13.4. The van der Waals surface area contributed by atoms with Crippen LogP contribution in [0.5, 0.6) is 0 Å². The first kappa shape index (κ1) is 30.1. The van der Waals surface area contributed by atoms with Gasteiger partial charge in [0.05, 0.1) is 22.7 Å². The van der Waals surface area contributed by atoms with Crippen LogP contribution in [-0.4, -0.2) is 40.9 Å². The van der Waals surface area contributed by atoms with Crippen molar-refractivity contribution in [1.82, 2.24) is 4.90 Å². The molecule has 2 amide bonds. The van der Waals surface area contributed by atoms with Crippen LogP contribution in [0.15, 0.2) is 69.3 Å². The van der Waals surface area contributed by atoms with Crippen molar-refractivity contribution in [1.29, 1.82) is 10.8 Å². The van der Waals surface area contributed by atoms with E-state index in [2.05, 4.69) is 32.9 Å². The fourth-order valence-electron chi connectivity index (χ4n) is 6.23. The van der Waals surface area contributed by atoms with E-state index in [0.717, 1.165) is 82.6 Å². The van der Waals surface area contributed by atoms with E-state index in [1.807, 2.05) is 31.2 Å². The van der Waals surface area contributed by atoms with Gasteiger partial charge >= 0.3 is 0 Å². The van der Waals surface area contributed by atoms with Crippen LogP contribution in [0.2, 0.25) is 0 Å². The summed E-state index contributed by atoms with van der Waals surface area (Å²) in [6, 6.07) is 12.2. The van der Waals surface area contributed by atoms with E-state index in [-0.39, 0.29) is 12.5 Å². The highest BCUT2D eigenvalue weighted by atomic mass is 16.2. The summed E-state index contributed by atoms with van der Waals surface area (Å²) in [6.07, 6.45) is 7.98. The smallest absolute Gasteiger partial charge is 0.259 e. The molecule has 1 fully saturated rings. The van der Waals surface area contributed by atoms with E-state index < -0.39 is 5.91 Å². The molecular weight excluding hydrogens is 534 g/mol. The number of amides is 2. The molecule has 0 atom stereocenters. The number of fused-ring (bicyclic) bond motifs is 1. The molecule has 0 unspecified atom stereocenters. The lowest BCUT2D eigenvalue weighted by Crippen LogP contribution is -2.33. The second-order valence-corrected chi connectivity index (χ2v) is 12.0. The number of carbonyl (C=O) groups is 2. The number of hydrogen-bond acceptors (Lipinski definition) is 5. The normalized spacial score (nSPS) is 19.3. The van der Waals surface area contributed by atoms with Gasteiger partial charge in [0.2, 0.25) is 5.91 Å². The molecule has 0 spiro atoms.